The number of aliphatic hydroxyl groups is 1. The fraction of sp³-hybridized carbons (Fsp3) is 0.575. The van der Waals surface area contributed by atoms with Crippen LogP contribution >= 0.6 is 0 Å². The number of esters is 1. The van der Waals surface area contributed by atoms with Crippen LogP contribution in [-0.4, -0.2) is 77.3 Å². The first kappa shape index (κ1) is 36.1. The number of hydrogen-bond donors (Lipinski definition) is 5. The largest absolute Gasteiger partial charge is 0.506 e. The Morgan fingerprint density at radius 1 is 0.980 bits per heavy atom. The zero-order chi connectivity index (χ0) is 34.9. The highest BCUT2D eigenvalue weighted by Gasteiger charge is 2.45. The van der Waals surface area contributed by atoms with Crippen LogP contribution in [-0.2, 0) is 26.2 Å². The number of carbonyl (C=O) groups is 2. The maximum absolute atomic E-state index is 13.9. The Labute approximate surface area is 295 Å². The van der Waals surface area contributed by atoms with Crippen molar-refractivity contribution in [3.05, 3.63) is 75.6 Å². The number of nitrogens with one attached hydrogen (secondary N) is 3. The molecule has 10 nitrogen and oxygen atoms in total. The number of pyridine rings is 1. The Hall–Kier alpha value is -3.73. The fourth-order valence-corrected chi connectivity index (χ4v) is 8.30. The molecule has 1 aliphatic carbocycles. The van der Waals surface area contributed by atoms with E-state index in [9.17, 15) is 24.6 Å². The molecule has 1 amide bonds. The third kappa shape index (κ3) is 8.76. The molecule has 1 unspecified atom stereocenters. The predicted molar refractivity (Wildman–Crippen MR) is 194 cm³/mol. The summed E-state index contributed by atoms with van der Waals surface area (Å²) in [5.74, 6) is 0.513. The van der Waals surface area contributed by atoms with Gasteiger partial charge in [-0.25, -0.2) is 0 Å². The Morgan fingerprint density at radius 3 is 2.56 bits per heavy atom. The quantitative estimate of drug-likeness (QED) is 0.105. The number of unbranched alkanes of at least 4 members (excludes halogenated alkanes) is 2. The van der Waals surface area contributed by atoms with Gasteiger partial charge in [-0.1, -0.05) is 56.0 Å². The number of phenols is 1. The molecule has 10 heteroatoms. The number of carbonyl (C=O) groups excluding carboxylic acids is 2. The molecule has 0 radical (unpaired) electrons. The number of aryl methyl sites for hydroxylation is 1. The minimum Gasteiger partial charge on any atom is -0.506 e. The van der Waals surface area contributed by atoms with E-state index >= 15 is 0 Å². The van der Waals surface area contributed by atoms with Crippen molar-refractivity contribution >= 4 is 22.8 Å². The van der Waals surface area contributed by atoms with Crippen LogP contribution in [0.15, 0.2) is 53.3 Å². The summed E-state index contributed by atoms with van der Waals surface area (Å²) in [5.41, 5.74) is 2.36. The first-order chi connectivity index (χ1) is 24.3. The zero-order valence-electron chi connectivity index (χ0n) is 29.3. The van der Waals surface area contributed by atoms with Crippen molar-refractivity contribution in [2.24, 2.45) is 5.92 Å². The van der Waals surface area contributed by atoms with Gasteiger partial charge in [0.25, 0.3) is 0 Å². The highest BCUT2D eigenvalue weighted by atomic mass is 16.5. The Balaban J connectivity index is 0.878. The molecule has 7 rings (SSSR count). The van der Waals surface area contributed by atoms with E-state index in [1.165, 1.54) is 17.7 Å². The molecule has 5 N–H and O–H groups in total. The number of phenolic OH excluding ortho intramolecular Hbond substituents is 1. The predicted octanol–water partition coefficient (Wildman–Crippen LogP) is 5.01. The van der Waals surface area contributed by atoms with Crippen molar-refractivity contribution < 1.29 is 24.5 Å². The van der Waals surface area contributed by atoms with E-state index in [0.717, 1.165) is 109 Å². The van der Waals surface area contributed by atoms with E-state index in [0.29, 0.717) is 41.9 Å². The van der Waals surface area contributed by atoms with E-state index in [2.05, 4.69) is 44.8 Å². The van der Waals surface area contributed by atoms with E-state index < -0.39 is 11.5 Å². The standard InChI is InChI=1S/C40H54N4O6/c45-33-15-13-31(32-14-16-37(48)43-38(32)33)34(46)26-41-21-5-2-6-22-42-36(47)12-8-10-28-9-7-11-30(25-28)40(19-3-1-4-20-40)39(49)50-35-27-44-23-17-29(35)18-24-44/h7,9,11,13-16,25,29,34-35,41,45-46H,1-6,8,10,12,17-24,26-27H2,(H,42,47)(H,43,48)/t34?,35-/m0/s1. The van der Waals surface area contributed by atoms with E-state index in [4.69, 9.17) is 4.74 Å². The first-order valence-corrected chi connectivity index (χ1v) is 18.9. The molecule has 2 atom stereocenters. The molecule has 0 spiro atoms. The summed E-state index contributed by atoms with van der Waals surface area (Å²) in [6.45, 7) is 4.86. The van der Waals surface area contributed by atoms with Crippen molar-refractivity contribution in [2.75, 3.05) is 39.3 Å². The van der Waals surface area contributed by atoms with Gasteiger partial charge >= 0.3 is 5.97 Å². The minimum absolute atomic E-state index is 0.0238. The normalized spacial score (nSPS) is 21.9. The van der Waals surface area contributed by atoms with Gasteiger partial charge in [0.05, 0.1) is 17.0 Å². The summed E-state index contributed by atoms with van der Waals surface area (Å²) in [5, 5.41) is 27.7. The molecule has 270 valence electrons. The van der Waals surface area contributed by atoms with Gasteiger partial charge in [-0.05, 0) is 106 Å². The van der Waals surface area contributed by atoms with Crippen LogP contribution < -0.4 is 16.2 Å². The summed E-state index contributed by atoms with van der Waals surface area (Å²) in [7, 11) is 0. The number of ether oxygens (including phenoxy) is 1. The highest BCUT2D eigenvalue weighted by molar-refractivity contribution is 5.87. The molecule has 4 aliphatic rings. The number of benzene rings is 2. The minimum atomic E-state index is -0.782. The van der Waals surface area contributed by atoms with Gasteiger partial charge in [0.15, 0.2) is 0 Å². The SMILES string of the molecule is O=C(CCCc1cccc(C2(C(=O)O[C@H]3CN4CCC3CC4)CCCCC2)c1)NCCCCCNCC(O)c1ccc(O)c2[nH]c(=O)ccc12. The lowest BCUT2D eigenvalue weighted by atomic mass is 9.69. The number of hydrogen-bond acceptors (Lipinski definition) is 8. The average molecular weight is 687 g/mol. The van der Waals surface area contributed by atoms with Crippen LogP contribution in [0.2, 0.25) is 0 Å². The number of rotatable bonds is 16. The number of aromatic hydroxyl groups is 1. The van der Waals surface area contributed by atoms with Crippen LogP contribution in [0.5, 0.6) is 5.75 Å². The second-order valence-electron chi connectivity index (χ2n) is 14.7. The van der Waals surface area contributed by atoms with Crippen LogP contribution in [0.4, 0.5) is 0 Å². The van der Waals surface area contributed by atoms with Gasteiger partial charge in [0, 0.05) is 37.5 Å². The fourth-order valence-electron chi connectivity index (χ4n) is 8.30. The van der Waals surface area contributed by atoms with Gasteiger partial charge in [-0.3, -0.25) is 19.3 Å². The van der Waals surface area contributed by atoms with Crippen LogP contribution in [0.25, 0.3) is 10.9 Å². The summed E-state index contributed by atoms with van der Waals surface area (Å²) < 4.78 is 6.33. The number of aromatic amines is 1. The molecule has 4 heterocycles. The second kappa shape index (κ2) is 17.0. The summed E-state index contributed by atoms with van der Waals surface area (Å²) in [6.07, 6.45) is 11.2. The number of amides is 1. The van der Waals surface area contributed by atoms with Crippen molar-refractivity contribution in [2.45, 2.75) is 101 Å². The molecule has 3 saturated heterocycles. The van der Waals surface area contributed by atoms with E-state index in [-0.39, 0.29) is 29.3 Å². The lowest BCUT2D eigenvalue weighted by Crippen LogP contribution is -2.53. The van der Waals surface area contributed by atoms with Crippen molar-refractivity contribution in [1.82, 2.24) is 20.5 Å². The first-order valence-electron chi connectivity index (χ1n) is 18.9. The van der Waals surface area contributed by atoms with E-state index in [1.54, 1.807) is 12.1 Å². The zero-order valence-corrected chi connectivity index (χ0v) is 29.3. The molecular formula is C40H54N4O6. The summed E-state index contributed by atoms with van der Waals surface area (Å²) in [6, 6.07) is 14.6. The molecule has 1 aromatic heterocycles. The van der Waals surface area contributed by atoms with Gasteiger partial charge < -0.3 is 30.6 Å². The number of fused-ring (bicyclic) bond motifs is 4. The molecule has 1 saturated carbocycles. The molecular weight excluding hydrogens is 632 g/mol. The van der Waals surface area contributed by atoms with E-state index in [1.807, 2.05) is 0 Å². The van der Waals surface area contributed by atoms with Gasteiger partial charge in [0.1, 0.15) is 11.9 Å². The summed E-state index contributed by atoms with van der Waals surface area (Å²) >= 11 is 0. The van der Waals surface area contributed by atoms with Crippen molar-refractivity contribution in [3.8, 4) is 5.75 Å². The van der Waals surface area contributed by atoms with Gasteiger partial charge in [0.2, 0.25) is 11.5 Å². The number of aliphatic hydroxyl groups excluding tert-OH is 1. The smallest absolute Gasteiger partial charge is 0.316 e. The molecule has 3 aromatic rings. The van der Waals surface area contributed by atoms with Crippen molar-refractivity contribution in [1.29, 1.82) is 0 Å². The van der Waals surface area contributed by atoms with Crippen molar-refractivity contribution in [3.63, 3.8) is 0 Å². The lowest BCUT2D eigenvalue weighted by Gasteiger charge is -2.45. The van der Waals surface area contributed by atoms with Gasteiger partial charge in [-0.15, -0.1) is 0 Å². The lowest BCUT2D eigenvalue weighted by molar-refractivity contribution is -0.167. The maximum Gasteiger partial charge on any atom is 0.316 e. The molecule has 4 fully saturated rings. The third-order valence-corrected chi connectivity index (χ3v) is 11.3. The van der Waals surface area contributed by atoms with Gasteiger partial charge in [-0.2, -0.15) is 0 Å². The van der Waals surface area contributed by atoms with Crippen LogP contribution in [0.1, 0.15) is 99.8 Å². The molecule has 50 heavy (non-hydrogen) atoms. The maximum atomic E-state index is 13.9. The topological polar surface area (TPSA) is 144 Å². The molecule has 2 bridgehead atoms. The number of nitrogens with zero attached hydrogens (tertiary/aromatic N) is 1. The monoisotopic (exact) mass is 686 g/mol. The second-order valence-corrected chi connectivity index (χ2v) is 14.7. The van der Waals surface area contributed by atoms with Crippen LogP contribution in [0, 0.1) is 5.92 Å². The highest BCUT2D eigenvalue weighted by Crippen LogP contribution is 2.42. The number of H-pyrrole nitrogens is 1. The summed E-state index contributed by atoms with van der Waals surface area (Å²) in [4.78, 5) is 43.1. The third-order valence-electron chi connectivity index (χ3n) is 11.3. The molecule has 3 aliphatic heterocycles. The Bertz CT molecular complexity index is 1660. The van der Waals surface area contributed by atoms with Crippen LogP contribution in [0.3, 0.4) is 0 Å². The Kier molecular flexibility index (Phi) is 12.3. The Morgan fingerprint density at radius 2 is 1.78 bits per heavy atom. The molecule has 2 aromatic carbocycles. The average Bonchev–Trinajstić information content (AvgIpc) is 3.14. The number of aromatic nitrogens is 1. The number of piperidine rings is 3.